The SMILES string of the molecule is F[B-](F)(F)F.N#CCCN1C(=O)C[n+]2ccccc21. The van der Waals surface area contributed by atoms with Gasteiger partial charge in [-0.1, -0.05) is 6.07 Å². The van der Waals surface area contributed by atoms with Crippen LogP contribution in [0.5, 0.6) is 0 Å². The largest absolute Gasteiger partial charge is 0.673 e. The minimum Gasteiger partial charge on any atom is -0.418 e. The van der Waals surface area contributed by atoms with Crippen LogP contribution in [0.25, 0.3) is 0 Å². The Labute approximate surface area is 107 Å². The van der Waals surface area contributed by atoms with Crippen LogP contribution in [0.4, 0.5) is 23.1 Å². The molecule has 102 valence electrons. The second-order valence-corrected chi connectivity index (χ2v) is 3.64. The minimum absolute atomic E-state index is 0.0615. The van der Waals surface area contributed by atoms with E-state index in [1.807, 2.05) is 35.0 Å². The number of halogens is 4. The number of carbonyl (C=O) groups is 1. The number of pyridine rings is 1. The summed E-state index contributed by atoms with van der Waals surface area (Å²) in [5.74, 6) is 0.944. The second-order valence-electron chi connectivity index (χ2n) is 3.64. The molecule has 2 rings (SSSR count). The van der Waals surface area contributed by atoms with Gasteiger partial charge in [0.1, 0.15) is 6.54 Å². The van der Waals surface area contributed by atoms with Crippen molar-refractivity contribution in [3.63, 3.8) is 0 Å². The first-order valence-corrected chi connectivity index (χ1v) is 5.36. The van der Waals surface area contributed by atoms with Crippen LogP contribution in [0, 0.1) is 11.3 Å². The molecule has 0 unspecified atom stereocenters. The van der Waals surface area contributed by atoms with E-state index in [4.69, 9.17) is 5.26 Å². The molecule has 1 amide bonds. The molecular weight excluding hydrogens is 265 g/mol. The third-order valence-electron chi connectivity index (χ3n) is 2.25. The maximum absolute atomic E-state index is 11.5. The molecule has 1 aromatic rings. The Kier molecular flexibility index (Phi) is 4.86. The van der Waals surface area contributed by atoms with Crippen molar-refractivity contribution in [3.05, 3.63) is 24.4 Å². The summed E-state index contributed by atoms with van der Waals surface area (Å²) in [6.45, 7) is 0.876. The highest BCUT2D eigenvalue weighted by Gasteiger charge is 2.34. The van der Waals surface area contributed by atoms with Gasteiger partial charge in [-0.15, -0.1) is 0 Å². The van der Waals surface area contributed by atoms with E-state index in [9.17, 15) is 22.1 Å². The van der Waals surface area contributed by atoms with Crippen LogP contribution in [0.15, 0.2) is 24.4 Å². The van der Waals surface area contributed by atoms with E-state index in [-0.39, 0.29) is 5.91 Å². The summed E-state index contributed by atoms with van der Waals surface area (Å²) in [7, 11) is -6.00. The first kappa shape index (κ1) is 15.0. The maximum Gasteiger partial charge on any atom is 0.673 e. The van der Waals surface area contributed by atoms with Gasteiger partial charge in [-0.25, -0.2) is 9.36 Å². The highest BCUT2D eigenvalue weighted by molar-refractivity contribution is 6.50. The summed E-state index contributed by atoms with van der Waals surface area (Å²) >= 11 is 0. The fraction of sp³-hybridized carbons (Fsp3) is 0.300. The lowest BCUT2D eigenvalue weighted by molar-refractivity contribution is -0.664. The number of fused-ring (bicyclic) bond motifs is 1. The van der Waals surface area contributed by atoms with Gasteiger partial charge < -0.3 is 17.3 Å². The zero-order chi connectivity index (χ0) is 14.5. The molecule has 0 N–H and O–H groups in total. The molecule has 9 heteroatoms. The molecule has 19 heavy (non-hydrogen) atoms. The van der Waals surface area contributed by atoms with Crippen LogP contribution >= 0.6 is 0 Å². The van der Waals surface area contributed by atoms with Gasteiger partial charge in [0.15, 0.2) is 6.54 Å². The lowest BCUT2D eigenvalue weighted by Crippen LogP contribution is -2.30. The highest BCUT2D eigenvalue weighted by Crippen LogP contribution is 2.13. The van der Waals surface area contributed by atoms with E-state index in [0.717, 1.165) is 5.82 Å². The summed E-state index contributed by atoms with van der Waals surface area (Å²) in [4.78, 5) is 13.2. The van der Waals surface area contributed by atoms with E-state index < -0.39 is 7.25 Å². The average Bonchev–Trinajstić information content (AvgIpc) is 2.60. The van der Waals surface area contributed by atoms with Gasteiger partial charge >= 0.3 is 13.2 Å². The zero-order valence-corrected chi connectivity index (χ0v) is 9.77. The molecule has 0 saturated heterocycles. The van der Waals surface area contributed by atoms with Crippen molar-refractivity contribution in [2.75, 3.05) is 11.4 Å². The first-order chi connectivity index (χ1) is 8.83. The average molecular weight is 275 g/mol. The molecular formula is C10H10BF4N3O. The van der Waals surface area contributed by atoms with E-state index in [2.05, 4.69) is 0 Å². The smallest absolute Gasteiger partial charge is 0.418 e. The number of anilines is 1. The van der Waals surface area contributed by atoms with Crippen molar-refractivity contribution in [1.82, 2.24) is 0 Å². The van der Waals surface area contributed by atoms with Gasteiger partial charge in [0.05, 0.1) is 18.7 Å². The molecule has 1 aliphatic rings. The normalized spacial score (nSPS) is 13.4. The van der Waals surface area contributed by atoms with Gasteiger partial charge in [-0.2, -0.15) is 10.2 Å². The second kappa shape index (κ2) is 6.18. The Morgan fingerprint density at radius 2 is 2.00 bits per heavy atom. The van der Waals surface area contributed by atoms with Crippen LogP contribution < -0.4 is 9.47 Å². The summed E-state index contributed by atoms with van der Waals surface area (Å²) in [5.41, 5.74) is 0. The topological polar surface area (TPSA) is 48.0 Å². The van der Waals surface area contributed by atoms with Crippen LogP contribution in [0.3, 0.4) is 0 Å². The van der Waals surface area contributed by atoms with Gasteiger partial charge in [-0.3, -0.25) is 0 Å². The Bertz CT molecular complexity index is 494. The van der Waals surface area contributed by atoms with Crippen molar-refractivity contribution in [2.45, 2.75) is 13.0 Å². The number of nitrogens with zero attached hydrogens (tertiary/aromatic N) is 3. The number of carbonyl (C=O) groups excluding carboxylic acids is 1. The number of rotatable bonds is 2. The van der Waals surface area contributed by atoms with E-state index in [0.29, 0.717) is 19.5 Å². The van der Waals surface area contributed by atoms with Gasteiger partial charge in [-0.05, 0) is 6.07 Å². The first-order valence-electron chi connectivity index (χ1n) is 5.36. The fourth-order valence-corrected chi connectivity index (χ4v) is 1.61. The highest BCUT2D eigenvalue weighted by atomic mass is 19.5. The van der Waals surface area contributed by atoms with Gasteiger partial charge in [0.2, 0.25) is 0 Å². The van der Waals surface area contributed by atoms with Gasteiger partial charge in [0, 0.05) is 6.07 Å². The number of aromatic nitrogens is 1. The monoisotopic (exact) mass is 275 g/mol. The van der Waals surface area contributed by atoms with E-state index in [1.54, 1.807) is 4.90 Å². The van der Waals surface area contributed by atoms with E-state index in [1.165, 1.54) is 0 Å². The molecule has 2 heterocycles. The van der Waals surface area contributed by atoms with Crippen LogP contribution in [0.1, 0.15) is 6.42 Å². The fourth-order valence-electron chi connectivity index (χ4n) is 1.61. The molecule has 0 radical (unpaired) electrons. The predicted molar refractivity (Wildman–Crippen MR) is 59.4 cm³/mol. The third-order valence-corrected chi connectivity index (χ3v) is 2.25. The molecule has 0 bridgehead atoms. The summed E-state index contributed by atoms with van der Waals surface area (Å²) < 4.78 is 40.9. The molecule has 1 aromatic heterocycles. The standard InChI is InChI=1S/C10H10N3O.BF4/c11-5-3-7-13-9-4-1-2-6-12(9)8-10(13)14;2-1(3,4)5/h1-2,4,6H,3,7-8H2;/q+1;-1. The molecule has 0 spiro atoms. The van der Waals surface area contributed by atoms with Crippen molar-refractivity contribution in [1.29, 1.82) is 5.26 Å². The molecule has 0 aromatic carbocycles. The molecule has 0 atom stereocenters. The number of amides is 1. The summed E-state index contributed by atoms with van der Waals surface area (Å²) in [6.07, 6.45) is 2.25. The van der Waals surface area contributed by atoms with Crippen molar-refractivity contribution in [2.24, 2.45) is 0 Å². The van der Waals surface area contributed by atoms with Crippen molar-refractivity contribution in [3.8, 4) is 6.07 Å². The maximum atomic E-state index is 11.5. The molecule has 0 fully saturated rings. The Morgan fingerprint density at radius 3 is 2.58 bits per heavy atom. The number of hydrogen-bond donors (Lipinski definition) is 0. The minimum atomic E-state index is -6.00. The Balaban J connectivity index is 0.000000312. The molecule has 4 nitrogen and oxygen atoms in total. The van der Waals surface area contributed by atoms with Crippen LogP contribution in [-0.4, -0.2) is 19.7 Å². The lowest BCUT2D eigenvalue weighted by Gasteiger charge is -2.04. The van der Waals surface area contributed by atoms with E-state index >= 15 is 0 Å². The van der Waals surface area contributed by atoms with Crippen LogP contribution in [-0.2, 0) is 11.3 Å². The third kappa shape index (κ3) is 4.95. The van der Waals surface area contributed by atoms with Crippen molar-refractivity contribution >= 4 is 19.0 Å². The Morgan fingerprint density at radius 1 is 1.37 bits per heavy atom. The summed E-state index contributed by atoms with van der Waals surface area (Å²) in [6, 6.07) is 7.72. The number of nitriles is 1. The quantitative estimate of drug-likeness (QED) is 0.467. The predicted octanol–water partition coefficient (Wildman–Crippen LogP) is 1.53. The molecule has 0 aliphatic carbocycles. The summed E-state index contributed by atoms with van der Waals surface area (Å²) in [5, 5.41) is 8.47. The molecule has 1 aliphatic heterocycles. The van der Waals surface area contributed by atoms with Gasteiger partial charge in [0.25, 0.3) is 5.82 Å². The Hall–Kier alpha value is -2.11. The van der Waals surface area contributed by atoms with Crippen molar-refractivity contribution < 1.29 is 26.6 Å². The zero-order valence-electron chi connectivity index (χ0n) is 9.77. The lowest BCUT2D eigenvalue weighted by atomic mass is 10.3. The number of hydrogen-bond acceptors (Lipinski definition) is 2. The van der Waals surface area contributed by atoms with Crippen LogP contribution in [0.2, 0.25) is 0 Å². The molecule has 0 saturated carbocycles.